The van der Waals surface area contributed by atoms with Gasteiger partial charge in [-0.1, -0.05) is 13.8 Å². The van der Waals surface area contributed by atoms with Gasteiger partial charge in [-0.05, 0) is 25.0 Å². The van der Waals surface area contributed by atoms with E-state index in [0.29, 0.717) is 25.5 Å². The number of carbonyl (C=O) groups excluding carboxylic acids is 2. The number of nitrogens with zero attached hydrogens (tertiary/aromatic N) is 3. The molecule has 26 heavy (non-hydrogen) atoms. The Labute approximate surface area is 152 Å². The second-order valence-corrected chi connectivity index (χ2v) is 7.95. The van der Waals surface area contributed by atoms with Crippen molar-refractivity contribution in [3.05, 3.63) is 33.7 Å². The molecule has 3 fully saturated rings. The smallest absolute Gasteiger partial charge is 0.263 e. The Hall–Kier alpha value is -2.15. The van der Waals surface area contributed by atoms with Gasteiger partial charge in [-0.15, -0.1) is 0 Å². The number of hydrogen-bond acceptors (Lipinski definition) is 4. The first-order chi connectivity index (χ1) is 12.3. The Morgan fingerprint density at radius 3 is 2.73 bits per heavy atom. The van der Waals surface area contributed by atoms with Crippen LogP contribution >= 0.6 is 0 Å². The molecule has 2 amide bonds. The van der Waals surface area contributed by atoms with Crippen LogP contribution in [0.2, 0.25) is 0 Å². The molecule has 4 heterocycles. The SMILES string of the molecule is Cc1ccc(C(=O)N2CC[C@@]34OC[C@@H](C(C)C)N3C(=O)C[C@@H]24)c(=O)n1C. The lowest BCUT2D eigenvalue weighted by Crippen LogP contribution is -2.51. The minimum absolute atomic E-state index is 0.0421. The average Bonchev–Trinajstić information content (AvgIpc) is 3.21. The lowest BCUT2D eigenvalue weighted by atomic mass is 10.0. The minimum atomic E-state index is -0.711. The molecule has 0 aliphatic carbocycles. The maximum atomic E-state index is 13.1. The van der Waals surface area contributed by atoms with E-state index in [-0.39, 0.29) is 41.4 Å². The summed E-state index contributed by atoms with van der Waals surface area (Å²) in [6.45, 7) is 7.00. The summed E-state index contributed by atoms with van der Waals surface area (Å²) in [4.78, 5) is 41.9. The quantitative estimate of drug-likeness (QED) is 0.786. The summed E-state index contributed by atoms with van der Waals surface area (Å²) in [7, 11) is 1.66. The first kappa shape index (κ1) is 17.3. The van der Waals surface area contributed by atoms with E-state index in [2.05, 4.69) is 13.8 Å². The number of carbonyl (C=O) groups is 2. The molecule has 0 aromatic carbocycles. The highest BCUT2D eigenvalue weighted by atomic mass is 16.5. The van der Waals surface area contributed by atoms with E-state index < -0.39 is 5.72 Å². The van der Waals surface area contributed by atoms with Crippen LogP contribution in [0.25, 0.3) is 0 Å². The van der Waals surface area contributed by atoms with Gasteiger partial charge in [0.2, 0.25) is 5.91 Å². The van der Waals surface area contributed by atoms with Gasteiger partial charge in [-0.2, -0.15) is 0 Å². The molecule has 1 spiro atoms. The molecule has 7 nitrogen and oxygen atoms in total. The van der Waals surface area contributed by atoms with Crippen LogP contribution < -0.4 is 5.56 Å². The van der Waals surface area contributed by atoms with E-state index in [0.717, 1.165) is 5.69 Å². The van der Waals surface area contributed by atoms with Crippen molar-refractivity contribution in [3.8, 4) is 0 Å². The van der Waals surface area contributed by atoms with Gasteiger partial charge in [0, 0.05) is 25.7 Å². The molecule has 3 aliphatic rings. The third kappa shape index (κ3) is 2.13. The van der Waals surface area contributed by atoms with Crippen molar-refractivity contribution in [2.75, 3.05) is 13.2 Å². The molecule has 0 radical (unpaired) electrons. The summed E-state index contributed by atoms with van der Waals surface area (Å²) in [6.07, 6.45) is 0.867. The number of rotatable bonds is 2. The van der Waals surface area contributed by atoms with Crippen LogP contribution in [0.1, 0.15) is 42.7 Å². The highest BCUT2D eigenvalue weighted by molar-refractivity contribution is 5.95. The fourth-order valence-corrected chi connectivity index (χ4v) is 4.66. The van der Waals surface area contributed by atoms with Crippen molar-refractivity contribution in [2.24, 2.45) is 13.0 Å². The highest BCUT2D eigenvalue weighted by Crippen LogP contribution is 2.49. The number of likely N-dealkylation sites (tertiary alicyclic amines) is 1. The molecule has 4 rings (SSSR count). The van der Waals surface area contributed by atoms with Crippen LogP contribution in [-0.4, -0.2) is 57.1 Å². The monoisotopic (exact) mass is 359 g/mol. The van der Waals surface area contributed by atoms with E-state index in [1.165, 1.54) is 4.57 Å². The molecule has 3 atom stereocenters. The van der Waals surface area contributed by atoms with Crippen molar-refractivity contribution in [1.29, 1.82) is 0 Å². The van der Waals surface area contributed by atoms with E-state index in [1.54, 1.807) is 24.1 Å². The van der Waals surface area contributed by atoms with Gasteiger partial charge >= 0.3 is 0 Å². The van der Waals surface area contributed by atoms with Gasteiger partial charge in [-0.3, -0.25) is 14.4 Å². The molecule has 1 aromatic heterocycles. The Morgan fingerprint density at radius 2 is 2.04 bits per heavy atom. The Kier molecular flexibility index (Phi) is 3.77. The standard InChI is InChI=1S/C19H25N3O4/c1-11(2)14-10-26-19-7-8-21(15(19)9-16(23)22(14)19)18(25)13-6-5-12(3)20(4)17(13)24/h5-6,11,14-15H,7-10H2,1-4H3/t14-,15+,19-/m0/s1. The first-order valence-electron chi connectivity index (χ1n) is 9.21. The molecule has 140 valence electrons. The number of hydrogen-bond donors (Lipinski definition) is 0. The lowest BCUT2D eigenvalue weighted by molar-refractivity contribution is -0.139. The molecule has 3 aliphatic heterocycles. The van der Waals surface area contributed by atoms with Crippen molar-refractivity contribution in [2.45, 2.75) is 51.4 Å². The topological polar surface area (TPSA) is 71.8 Å². The molecule has 0 saturated carbocycles. The predicted molar refractivity (Wildman–Crippen MR) is 94.6 cm³/mol. The zero-order valence-electron chi connectivity index (χ0n) is 15.7. The van der Waals surface area contributed by atoms with Gasteiger partial charge in [-0.25, -0.2) is 0 Å². The van der Waals surface area contributed by atoms with Crippen molar-refractivity contribution in [3.63, 3.8) is 0 Å². The number of ether oxygens (including phenoxy) is 1. The summed E-state index contributed by atoms with van der Waals surface area (Å²) >= 11 is 0. The summed E-state index contributed by atoms with van der Waals surface area (Å²) in [5.74, 6) is 0.0328. The average molecular weight is 359 g/mol. The summed E-state index contributed by atoms with van der Waals surface area (Å²) in [6, 6.07) is 3.09. The van der Waals surface area contributed by atoms with Crippen molar-refractivity contribution < 1.29 is 14.3 Å². The predicted octanol–water partition coefficient (Wildman–Crippen LogP) is 0.892. The summed E-state index contributed by atoms with van der Waals surface area (Å²) < 4.78 is 7.63. The fraction of sp³-hybridized carbons (Fsp3) is 0.632. The Bertz CT molecular complexity index is 846. The molecular weight excluding hydrogens is 334 g/mol. The fourth-order valence-electron chi connectivity index (χ4n) is 4.66. The molecule has 1 aromatic rings. The molecule has 0 bridgehead atoms. The highest BCUT2D eigenvalue weighted by Gasteiger charge is 2.65. The molecule has 0 N–H and O–H groups in total. The zero-order chi connectivity index (χ0) is 18.8. The lowest BCUT2D eigenvalue weighted by Gasteiger charge is -2.34. The first-order valence-corrected chi connectivity index (χ1v) is 9.21. The molecular formula is C19H25N3O4. The molecule has 3 saturated heterocycles. The number of amides is 2. The summed E-state index contributed by atoms with van der Waals surface area (Å²) in [5.41, 5.74) is -0.0630. The van der Waals surface area contributed by atoms with Crippen LogP contribution in [0, 0.1) is 12.8 Å². The number of aromatic nitrogens is 1. The largest absolute Gasteiger partial charge is 0.351 e. The van der Waals surface area contributed by atoms with Gasteiger partial charge in [0.15, 0.2) is 5.72 Å². The van der Waals surface area contributed by atoms with Crippen molar-refractivity contribution in [1.82, 2.24) is 14.4 Å². The van der Waals surface area contributed by atoms with Crippen LogP contribution in [-0.2, 0) is 16.6 Å². The second kappa shape index (κ2) is 5.67. The second-order valence-electron chi connectivity index (χ2n) is 7.95. The Morgan fingerprint density at radius 1 is 1.31 bits per heavy atom. The van der Waals surface area contributed by atoms with Crippen LogP contribution in [0.5, 0.6) is 0 Å². The zero-order valence-corrected chi connectivity index (χ0v) is 15.7. The Balaban J connectivity index is 1.68. The van der Waals surface area contributed by atoms with Crippen LogP contribution in [0.15, 0.2) is 16.9 Å². The van der Waals surface area contributed by atoms with E-state index in [4.69, 9.17) is 4.74 Å². The van der Waals surface area contributed by atoms with Crippen LogP contribution in [0.3, 0.4) is 0 Å². The maximum absolute atomic E-state index is 13.1. The maximum Gasteiger partial charge on any atom is 0.263 e. The number of pyridine rings is 1. The number of aryl methyl sites for hydroxylation is 1. The van der Waals surface area contributed by atoms with Gasteiger partial charge in [0.05, 0.1) is 25.1 Å². The van der Waals surface area contributed by atoms with E-state index >= 15 is 0 Å². The van der Waals surface area contributed by atoms with Crippen molar-refractivity contribution >= 4 is 11.8 Å². The molecule has 7 heteroatoms. The van der Waals surface area contributed by atoms with E-state index in [1.807, 2.05) is 11.8 Å². The van der Waals surface area contributed by atoms with Gasteiger partial charge in [0.25, 0.3) is 11.5 Å². The van der Waals surface area contributed by atoms with E-state index in [9.17, 15) is 14.4 Å². The third-order valence-corrected chi connectivity index (χ3v) is 6.30. The van der Waals surface area contributed by atoms with Gasteiger partial charge < -0.3 is 19.1 Å². The normalized spacial score (nSPS) is 30.3. The molecule has 0 unspecified atom stereocenters. The third-order valence-electron chi connectivity index (χ3n) is 6.30. The van der Waals surface area contributed by atoms with Crippen LogP contribution in [0.4, 0.5) is 0 Å². The minimum Gasteiger partial charge on any atom is -0.351 e. The van der Waals surface area contributed by atoms with Gasteiger partial charge in [0.1, 0.15) is 5.56 Å². The summed E-state index contributed by atoms with van der Waals surface area (Å²) in [5, 5.41) is 0.